The normalized spacial score (nSPS) is 10.1. The monoisotopic (exact) mass is 283 g/mol. The lowest BCUT2D eigenvalue weighted by atomic mass is 10.2. The smallest absolute Gasteiger partial charge is 0.273 e. The lowest BCUT2D eigenvalue weighted by Crippen LogP contribution is -2.30. The Kier molecular flexibility index (Phi) is 6.41. The summed E-state index contributed by atoms with van der Waals surface area (Å²) < 4.78 is 9.86. The molecule has 0 atom stereocenters. The molecule has 1 rings (SSSR count). The van der Waals surface area contributed by atoms with Crippen LogP contribution in [-0.4, -0.2) is 44.7 Å². The Morgan fingerprint density at radius 2 is 2.15 bits per heavy atom. The van der Waals surface area contributed by atoms with E-state index in [2.05, 4.69) is 10.6 Å². The molecule has 0 bridgehead atoms. The van der Waals surface area contributed by atoms with Gasteiger partial charge in [-0.1, -0.05) is 0 Å². The molecule has 0 aliphatic carbocycles. The number of amides is 1. The van der Waals surface area contributed by atoms with E-state index in [1.165, 1.54) is 25.3 Å². The van der Waals surface area contributed by atoms with Crippen LogP contribution in [0.4, 0.5) is 11.4 Å². The van der Waals surface area contributed by atoms with Crippen molar-refractivity contribution in [1.82, 2.24) is 5.32 Å². The first-order valence-corrected chi connectivity index (χ1v) is 5.90. The minimum Gasteiger partial charge on any atom is -0.494 e. The van der Waals surface area contributed by atoms with Gasteiger partial charge < -0.3 is 20.1 Å². The lowest BCUT2D eigenvalue weighted by molar-refractivity contribution is -0.384. The van der Waals surface area contributed by atoms with Crippen LogP contribution in [0.1, 0.15) is 0 Å². The summed E-state index contributed by atoms with van der Waals surface area (Å²) in [4.78, 5) is 21.8. The Morgan fingerprint density at radius 3 is 2.75 bits per heavy atom. The van der Waals surface area contributed by atoms with Crippen LogP contribution in [0.2, 0.25) is 0 Å². The Labute approximate surface area is 116 Å². The molecule has 0 spiro atoms. The van der Waals surface area contributed by atoms with Crippen LogP contribution in [0.15, 0.2) is 18.2 Å². The highest BCUT2D eigenvalue weighted by atomic mass is 16.6. The third kappa shape index (κ3) is 4.82. The fourth-order valence-electron chi connectivity index (χ4n) is 1.47. The Balaban J connectivity index is 2.62. The number of non-ortho nitro benzene ring substituents is 1. The van der Waals surface area contributed by atoms with Gasteiger partial charge in [-0.3, -0.25) is 14.9 Å². The molecule has 2 N–H and O–H groups in total. The Morgan fingerprint density at radius 1 is 1.40 bits per heavy atom. The number of nitrogens with one attached hydrogen (secondary N) is 2. The molecule has 8 heteroatoms. The molecular weight excluding hydrogens is 266 g/mol. The summed E-state index contributed by atoms with van der Waals surface area (Å²) in [5.74, 6) is -0.0299. The molecule has 8 nitrogen and oxygen atoms in total. The van der Waals surface area contributed by atoms with Gasteiger partial charge in [0.2, 0.25) is 5.91 Å². The zero-order valence-electron chi connectivity index (χ0n) is 11.3. The summed E-state index contributed by atoms with van der Waals surface area (Å²) >= 11 is 0. The number of hydrogen-bond donors (Lipinski definition) is 2. The van der Waals surface area contributed by atoms with Crippen molar-refractivity contribution in [2.45, 2.75) is 0 Å². The fraction of sp³-hybridized carbons (Fsp3) is 0.417. The molecule has 1 amide bonds. The minimum absolute atomic E-state index is 0.0990. The van der Waals surface area contributed by atoms with Crippen molar-refractivity contribution in [3.8, 4) is 5.75 Å². The van der Waals surface area contributed by atoms with E-state index in [9.17, 15) is 14.9 Å². The summed E-state index contributed by atoms with van der Waals surface area (Å²) in [7, 11) is 2.95. The lowest BCUT2D eigenvalue weighted by Gasteiger charge is -2.10. The molecule has 1 aromatic rings. The zero-order valence-corrected chi connectivity index (χ0v) is 11.3. The number of carbonyl (C=O) groups is 1. The van der Waals surface area contributed by atoms with Gasteiger partial charge in [0.05, 0.1) is 36.9 Å². The van der Waals surface area contributed by atoms with Gasteiger partial charge in [-0.2, -0.15) is 0 Å². The zero-order chi connectivity index (χ0) is 15.0. The van der Waals surface area contributed by atoms with Crippen LogP contribution >= 0.6 is 0 Å². The highest BCUT2D eigenvalue weighted by Gasteiger charge is 2.13. The van der Waals surface area contributed by atoms with Crippen LogP contribution in [-0.2, 0) is 9.53 Å². The molecule has 0 unspecified atom stereocenters. The third-order valence-electron chi connectivity index (χ3n) is 2.44. The first kappa shape index (κ1) is 15.9. The second-order valence-corrected chi connectivity index (χ2v) is 3.86. The first-order chi connectivity index (χ1) is 9.58. The standard InChI is InChI=1S/C12H17N3O5/c1-19-6-5-13-8-12(16)14-10-4-3-9(15(17)18)7-11(10)20-2/h3-4,7,13H,5-6,8H2,1-2H3,(H,14,16). The van der Waals surface area contributed by atoms with E-state index in [1.807, 2.05) is 0 Å². The van der Waals surface area contributed by atoms with Gasteiger partial charge >= 0.3 is 0 Å². The number of nitro groups is 1. The molecule has 0 aliphatic heterocycles. The number of rotatable bonds is 8. The second kappa shape index (κ2) is 8.08. The predicted molar refractivity (Wildman–Crippen MR) is 73.0 cm³/mol. The summed E-state index contributed by atoms with van der Waals surface area (Å²) in [6.45, 7) is 1.18. The van der Waals surface area contributed by atoms with Gasteiger partial charge in [-0.15, -0.1) is 0 Å². The van der Waals surface area contributed by atoms with E-state index in [1.54, 1.807) is 7.11 Å². The second-order valence-electron chi connectivity index (χ2n) is 3.86. The fourth-order valence-corrected chi connectivity index (χ4v) is 1.47. The van der Waals surface area contributed by atoms with Crippen LogP contribution in [0.3, 0.4) is 0 Å². The summed E-state index contributed by atoms with van der Waals surface area (Å²) in [6, 6.07) is 3.99. The largest absolute Gasteiger partial charge is 0.494 e. The summed E-state index contributed by atoms with van der Waals surface area (Å²) in [5, 5.41) is 16.1. The quantitative estimate of drug-likeness (QED) is 0.415. The number of methoxy groups -OCH3 is 2. The molecule has 20 heavy (non-hydrogen) atoms. The van der Waals surface area contributed by atoms with Crippen LogP contribution in [0, 0.1) is 10.1 Å². The SMILES string of the molecule is COCCNCC(=O)Nc1ccc([N+](=O)[O-])cc1OC. The van der Waals surface area contributed by atoms with Crippen molar-refractivity contribution in [3.63, 3.8) is 0 Å². The van der Waals surface area contributed by atoms with E-state index >= 15 is 0 Å². The number of anilines is 1. The number of hydrogen-bond acceptors (Lipinski definition) is 6. The molecule has 0 fully saturated rings. The number of nitro benzene ring substituents is 1. The highest BCUT2D eigenvalue weighted by molar-refractivity contribution is 5.93. The number of carbonyl (C=O) groups excluding carboxylic acids is 1. The van der Waals surface area contributed by atoms with Crippen molar-refractivity contribution in [3.05, 3.63) is 28.3 Å². The molecule has 0 heterocycles. The molecule has 110 valence electrons. The maximum Gasteiger partial charge on any atom is 0.273 e. The van der Waals surface area contributed by atoms with E-state index in [-0.39, 0.29) is 23.9 Å². The maximum absolute atomic E-state index is 11.7. The van der Waals surface area contributed by atoms with Crippen LogP contribution in [0.5, 0.6) is 5.75 Å². The first-order valence-electron chi connectivity index (χ1n) is 5.90. The van der Waals surface area contributed by atoms with Crippen LogP contribution in [0.25, 0.3) is 0 Å². The summed E-state index contributed by atoms with van der Waals surface area (Å²) in [6.07, 6.45) is 0. The van der Waals surface area contributed by atoms with Gasteiger partial charge in [-0.25, -0.2) is 0 Å². The third-order valence-corrected chi connectivity index (χ3v) is 2.44. The maximum atomic E-state index is 11.7. The van der Waals surface area contributed by atoms with E-state index in [4.69, 9.17) is 9.47 Å². The van der Waals surface area contributed by atoms with Crippen molar-refractivity contribution in [1.29, 1.82) is 0 Å². The van der Waals surface area contributed by atoms with Crippen molar-refractivity contribution in [2.75, 3.05) is 39.2 Å². The Hall–Kier alpha value is -2.19. The molecular formula is C12H17N3O5. The number of ether oxygens (including phenoxy) is 2. The van der Waals surface area contributed by atoms with Crippen molar-refractivity contribution >= 4 is 17.3 Å². The topological polar surface area (TPSA) is 103 Å². The average molecular weight is 283 g/mol. The minimum atomic E-state index is -0.527. The highest BCUT2D eigenvalue weighted by Crippen LogP contribution is 2.28. The van der Waals surface area contributed by atoms with Gasteiger partial charge in [0.1, 0.15) is 5.75 Å². The average Bonchev–Trinajstić information content (AvgIpc) is 2.43. The van der Waals surface area contributed by atoms with E-state index in [0.29, 0.717) is 18.8 Å². The number of nitrogens with zero attached hydrogens (tertiary/aromatic N) is 1. The Bertz CT molecular complexity index is 478. The predicted octanol–water partition coefficient (Wildman–Crippen LogP) is 0.778. The van der Waals surface area contributed by atoms with Gasteiger partial charge in [-0.05, 0) is 6.07 Å². The van der Waals surface area contributed by atoms with Gasteiger partial charge in [0.15, 0.2) is 0 Å². The molecule has 0 radical (unpaired) electrons. The van der Waals surface area contributed by atoms with Gasteiger partial charge in [0.25, 0.3) is 5.69 Å². The van der Waals surface area contributed by atoms with Crippen molar-refractivity contribution < 1.29 is 19.2 Å². The molecule has 0 saturated carbocycles. The molecule has 0 saturated heterocycles. The molecule has 1 aromatic carbocycles. The van der Waals surface area contributed by atoms with Crippen molar-refractivity contribution in [2.24, 2.45) is 0 Å². The molecule has 0 aliphatic rings. The van der Waals surface area contributed by atoms with E-state index < -0.39 is 4.92 Å². The number of benzene rings is 1. The molecule has 0 aromatic heterocycles. The van der Waals surface area contributed by atoms with E-state index in [0.717, 1.165) is 0 Å². The summed E-state index contributed by atoms with van der Waals surface area (Å²) in [5.41, 5.74) is 0.287. The van der Waals surface area contributed by atoms with Crippen LogP contribution < -0.4 is 15.4 Å². The van der Waals surface area contributed by atoms with Gasteiger partial charge in [0, 0.05) is 19.7 Å².